The molecule has 0 spiro atoms. The molecule has 0 aromatic rings. The van der Waals surface area contributed by atoms with Crippen LogP contribution in [0.5, 0.6) is 0 Å². The van der Waals surface area contributed by atoms with Gasteiger partial charge in [-0.15, -0.1) is 0 Å². The Balaban J connectivity index is 0.000000463. The van der Waals surface area contributed by atoms with Gasteiger partial charge in [0.2, 0.25) is 0 Å². The molecule has 0 saturated carbocycles. The van der Waals surface area contributed by atoms with Gasteiger partial charge in [0.15, 0.2) is 0 Å². The summed E-state index contributed by atoms with van der Waals surface area (Å²) in [5.74, 6) is -1.08. The second kappa shape index (κ2) is 12.8. The zero-order chi connectivity index (χ0) is 18.5. The lowest BCUT2D eigenvalue weighted by molar-refractivity contribution is -0.133. The maximum atomic E-state index is 10.5. The van der Waals surface area contributed by atoms with Crippen LogP contribution in [0.4, 0.5) is 0 Å². The van der Waals surface area contributed by atoms with E-state index in [0.717, 1.165) is 25.9 Å². The molecule has 0 aromatic heterocycles. The van der Waals surface area contributed by atoms with Crippen LogP contribution in [0.3, 0.4) is 0 Å². The fraction of sp³-hybridized carbons (Fsp3) is 0.684. The number of rotatable bonds is 12. The zero-order valence-electron chi connectivity index (χ0n) is 15.1. The Kier molecular flexibility index (Phi) is 11.9. The number of carboxylic acids is 2. The molecule has 2 unspecified atom stereocenters. The second-order valence-corrected chi connectivity index (χ2v) is 6.27. The fourth-order valence-corrected chi connectivity index (χ4v) is 2.21. The SMILES string of the molecule is C=C(CCC(CC)CCCC)C(=O)O.C=C(CCC1CO1)C(=O)O. The first kappa shape index (κ1) is 22.4. The maximum absolute atomic E-state index is 10.5. The number of unbranched alkanes of at least 4 members (excludes halogenated alkanes) is 1. The van der Waals surface area contributed by atoms with Crippen LogP contribution in [-0.4, -0.2) is 34.9 Å². The first-order chi connectivity index (χ1) is 11.3. The van der Waals surface area contributed by atoms with E-state index in [2.05, 4.69) is 27.0 Å². The van der Waals surface area contributed by atoms with Crippen molar-refractivity contribution in [1.29, 1.82) is 0 Å². The summed E-state index contributed by atoms with van der Waals surface area (Å²) in [6.45, 7) is 12.1. The lowest BCUT2D eigenvalue weighted by atomic mass is 9.93. The van der Waals surface area contributed by atoms with Crippen molar-refractivity contribution in [3.8, 4) is 0 Å². The molecule has 5 heteroatoms. The predicted octanol–water partition coefficient (Wildman–Crippen LogP) is 4.43. The predicted molar refractivity (Wildman–Crippen MR) is 95.1 cm³/mol. The van der Waals surface area contributed by atoms with Gasteiger partial charge in [-0.2, -0.15) is 0 Å². The van der Waals surface area contributed by atoms with E-state index in [1.807, 2.05) is 0 Å². The van der Waals surface area contributed by atoms with Gasteiger partial charge in [0, 0.05) is 11.1 Å². The number of hydrogen-bond donors (Lipinski definition) is 2. The third-order valence-electron chi connectivity index (χ3n) is 4.17. The van der Waals surface area contributed by atoms with Gasteiger partial charge in [0.05, 0.1) is 12.7 Å². The van der Waals surface area contributed by atoms with Crippen LogP contribution in [0.1, 0.15) is 65.2 Å². The van der Waals surface area contributed by atoms with Gasteiger partial charge in [0.25, 0.3) is 0 Å². The van der Waals surface area contributed by atoms with E-state index in [-0.39, 0.29) is 5.57 Å². The lowest BCUT2D eigenvalue weighted by Gasteiger charge is -2.13. The molecule has 1 aliphatic rings. The van der Waals surface area contributed by atoms with Crippen LogP contribution >= 0.6 is 0 Å². The highest BCUT2D eigenvalue weighted by molar-refractivity contribution is 5.86. The monoisotopic (exact) mass is 340 g/mol. The van der Waals surface area contributed by atoms with E-state index >= 15 is 0 Å². The van der Waals surface area contributed by atoms with Gasteiger partial charge in [-0.05, 0) is 31.6 Å². The van der Waals surface area contributed by atoms with Gasteiger partial charge < -0.3 is 14.9 Å². The van der Waals surface area contributed by atoms with Crippen molar-refractivity contribution in [3.63, 3.8) is 0 Å². The quantitative estimate of drug-likeness (QED) is 0.405. The third kappa shape index (κ3) is 11.9. The minimum Gasteiger partial charge on any atom is -0.478 e. The Hall–Kier alpha value is -1.62. The molecule has 5 nitrogen and oxygen atoms in total. The summed E-state index contributed by atoms with van der Waals surface area (Å²) < 4.78 is 4.90. The van der Waals surface area contributed by atoms with E-state index in [0.29, 0.717) is 30.4 Å². The maximum Gasteiger partial charge on any atom is 0.330 e. The summed E-state index contributed by atoms with van der Waals surface area (Å²) in [5.41, 5.74) is 0.621. The third-order valence-corrected chi connectivity index (χ3v) is 4.17. The standard InChI is InChI=1S/C12H22O2.C7H10O3/c1-4-6-7-11(5-2)9-8-10(3)12(13)14;1-5(7(8)9)2-3-6-4-10-6/h11H,3-9H2,1-2H3,(H,13,14);6H,1-4H2,(H,8,9). The fourth-order valence-electron chi connectivity index (χ4n) is 2.21. The summed E-state index contributed by atoms with van der Waals surface area (Å²) in [7, 11) is 0. The normalized spacial score (nSPS) is 16.5. The van der Waals surface area contributed by atoms with Gasteiger partial charge in [-0.1, -0.05) is 52.7 Å². The highest BCUT2D eigenvalue weighted by Gasteiger charge is 2.22. The molecule has 2 N–H and O–H groups in total. The number of aliphatic carboxylic acids is 2. The smallest absolute Gasteiger partial charge is 0.330 e. The highest BCUT2D eigenvalue weighted by atomic mass is 16.6. The molecule has 0 radical (unpaired) electrons. The van der Waals surface area contributed by atoms with E-state index in [1.54, 1.807) is 0 Å². The zero-order valence-corrected chi connectivity index (χ0v) is 15.1. The number of epoxide rings is 1. The summed E-state index contributed by atoms with van der Waals surface area (Å²) in [4.78, 5) is 20.7. The Morgan fingerprint density at radius 1 is 1.08 bits per heavy atom. The van der Waals surface area contributed by atoms with Gasteiger partial charge in [-0.3, -0.25) is 0 Å². The second-order valence-electron chi connectivity index (χ2n) is 6.27. The lowest BCUT2D eigenvalue weighted by Crippen LogP contribution is -2.04. The van der Waals surface area contributed by atoms with Crippen molar-refractivity contribution in [1.82, 2.24) is 0 Å². The van der Waals surface area contributed by atoms with Crippen molar-refractivity contribution < 1.29 is 24.5 Å². The largest absolute Gasteiger partial charge is 0.478 e. The molecule has 0 aliphatic carbocycles. The van der Waals surface area contributed by atoms with Crippen molar-refractivity contribution in [2.75, 3.05) is 6.61 Å². The number of ether oxygens (including phenoxy) is 1. The number of carbonyl (C=O) groups is 2. The Morgan fingerprint density at radius 3 is 2.04 bits per heavy atom. The van der Waals surface area contributed by atoms with E-state index in [1.165, 1.54) is 19.3 Å². The molecule has 1 rings (SSSR count). The molecule has 1 aliphatic heterocycles. The molecule has 0 amide bonds. The van der Waals surface area contributed by atoms with Crippen molar-refractivity contribution in [3.05, 3.63) is 24.3 Å². The van der Waals surface area contributed by atoms with Crippen LogP contribution in [0.25, 0.3) is 0 Å². The summed E-state index contributed by atoms with van der Waals surface area (Å²) in [6.07, 6.45) is 8.09. The first-order valence-corrected chi connectivity index (χ1v) is 8.75. The number of hydrogen-bond acceptors (Lipinski definition) is 3. The molecule has 2 atom stereocenters. The molecular weight excluding hydrogens is 308 g/mol. The highest BCUT2D eigenvalue weighted by Crippen LogP contribution is 2.20. The topological polar surface area (TPSA) is 87.1 Å². The van der Waals surface area contributed by atoms with E-state index in [4.69, 9.17) is 14.9 Å². The van der Waals surface area contributed by atoms with Crippen LogP contribution in [0.15, 0.2) is 24.3 Å². The van der Waals surface area contributed by atoms with Crippen LogP contribution < -0.4 is 0 Å². The van der Waals surface area contributed by atoms with E-state index < -0.39 is 11.9 Å². The van der Waals surface area contributed by atoms with Crippen LogP contribution in [0.2, 0.25) is 0 Å². The van der Waals surface area contributed by atoms with Crippen LogP contribution in [-0.2, 0) is 14.3 Å². The number of carboxylic acid groups (broad SMARTS) is 2. The van der Waals surface area contributed by atoms with Gasteiger partial charge in [0.1, 0.15) is 0 Å². The molecule has 1 heterocycles. The minimum atomic E-state index is -0.902. The summed E-state index contributed by atoms with van der Waals surface area (Å²) in [6, 6.07) is 0. The van der Waals surface area contributed by atoms with Crippen LogP contribution in [0, 0.1) is 5.92 Å². The van der Waals surface area contributed by atoms with Crippen molar-refractivity contribution >= 4 is 11.9 Å². The molecular formula is C19H32O5. The molecule has 0 bridgehead atoms. The summed E-state index contributed by atoms with van der Waals surface area (Å²) >= 11 is 0. The molecule has 1 saturated heterocycles. The average molecular weight is 340 g/mol. The average Bonchev–Trinajstić information content (AvgIpc) is 3.37. The van der Waals surface area contributed by atoms with Crippen molar-refractivity contribution in [2.45, 2.75) is 71.3 Å². The van der Waals surface area contributed by atoms with Gasteiger partial charge in [-0.25, -0.2) is 9.59 Å². The Morgan fingerprint density at radius 2 is 1.62 bits per heavy atom. The molecule has 0 aromatic carbocycles. The molecule has 138 valence electrons. The first-order valence-electron chi connectivity index (χ1n) is 8.75. The molecule has 24 heavy (non-hydrogen) atoms. The van der Waals surface area contributed by atoms with Gasteiger partial charge >= 0.3 is 11.9 Å². The minimum absolute atomic E-state index is 0.274. The Bertz CT molecular complexity index is 423. The van der Waals surface area contributed by atoms with E-state index in [9.17, 15) is 9.59 Å². The molecule has 1 fully saturated rings. The van der Waals surface area contributed by atoms with Crippen molar-refractivity contribution in [2.24, 2.45) is 5.92 Å². The Labute approximate surface area is 145 Å². The summed E-state index contributed by atoms with van der Waals surface area (Å²) in [5, 5.41) is 17.0.